The van der Waals surface area contributed by atoms with Gasteiger partial charge in [-0.2, -0.15) is 0 Å². The van der Waals surface area contributed by atoms with E-state index in [9.17, 15) is 50.8 Å². The molecular formula is C29H34O16. The van der Waals surface area contributed by atoms with Crippen LogP contribution in [-0.4, -0.2) is 120 Å². The molecule has 16 nitrogen and oxygen atoms in total. The number of ether oxygens (including phenoxy) is 6. The topological polar surface area (TPSA) is 255 Å². The van der Waals surface area contributed by atoms with E-state index >= 15 is 0 Å². The Morgan fingerprint density at radius 1 is 0.822 bits per heavy atom. The maximum atomic E-state index is 11.6. The van der Waals surface area contributed by atoms with Gasteiger partial charge in [0.15, 0.2) is 30.0 Å². The van der Waals surface area contributed by atoms with Crippen LogP contribution in [0.4, 0.5) is 0 Å². The molecule has 2 aromatic rings. The Hall–Kier alpha value is -3.87. The zero-order valence-electron chi connectivity index (χ0n) is 23.9. The number of hydrogen-bond acceptors (Lipinski definition) is 16. The number of aliphatic hydroxyl groups is 5. The monoisotopic (exact) mass is 638 g/mol. The number of carbonyl (C=O) groups is 1. The molecule has 2 fully saturated rings. The van der Waals surface area contributed by atoms with Crippen LogP contribution in [0.15, 0.2) is 36.1 Å². The van der Waals surface area contributed by atoms with Gasteiger partial charge in [-0.25, -0.2) is 0 Å². The summed E-state index contributed by atoms with van der Waals surface area (Å²) in [5, 5.41) is 92.9. The van der Waals surface area contributed by atoms with Crippen LogP contribution >= 0.6 is 0 Å². The highest BCUT2D eigenvalue weighted by atomic mass is 16.7. The van der Waals surface area contributed by atoms with E-state index in [0.29, 0.717) is 0 Å². The first-order valence-corrected chi connectivity index (χ1v) is 13.9. The average Bonchev–Trinajstić information content (AvgIpc) is 2.98. The minimum Gasteiger partial charge on any atom is -0.508 e. The first kappa shape index (κ1) is 32.5. The molecule has 0 aliphatic carbocycles. The second-order valence-electron chi connectivity index (χ2n) is 10.9. The lowest BCUT2D eigenvalue weighted by Crippen LogP contribution is -2.61. The van der Waals surface area contributed by atoms with Gasteiger partial charge in [-0.15, -0.1) is 0 Å². The molecule has 45 heavy (non-hydrogen) atoms. The molecule has 0 aromatic heterocycles. The van der Waals surface area contributed by atoms with Crippen molar-refractivity contribution in [1.82, 2.24) is 0 Å². The Labute approximate surface area is 255 Å². The van der Waals surface area contributed by atoms with E-state index in [0.717, 1.165) is 13.0 Å². The van der Waals surface area contributed by atoms with E-state index in [4.69, 9.17) is 28.4 Å². The Balaban J connectivity index is 1.39. The van der Waals surface area contributed by atoms with Gasteiger partial charge in [-0.1, -0.05) is 6.07 Å². The SMILES string of the molecule is CC(=O)O[C@@H]1[C@H](OC[C@H]2O[C@@H](OC3=Cc4c(O)cc(O)cc4OC3c3ccc(O)c(O)c3)[C@H](O)[C@@H](O)[C@@H]2O)O[C@@H](C)[C@H](O)[C@H]1O. The van der Waals surface area contributed by atoms with E-state index in [1.165, 1.54) is 37.3 Å². The number of phenols is 4. The molecule has 16 heteroatoms. The summed E-state index contributed by atoms with van der Waals surface area (Å²) in [5.41, 5.74) is 0.310. The van der Waals surface area contributed by atoms with Crippen molar-refractivity contribution in [3.63, 3.8) is 0 Å². The van der Waals surface area contributed by atoms with Crippen LogP contribution in [0, 0.1) is 0 Å². The highest BCUT2D eigenvalue weighted by Crippen LogP contribution is 2.45. The van der Waals surface area contributed by atoms with Gasteiger partial charge in [0.2, 0.25) is 6.29 Å². The van der Waals surface area contributed by atoms with Crippen molar-refractivity contribution in [2.75, 3.05) is 6.61 Å². The molecule has 3 aliphatic rings. The van der Waals surface area contributed by atoms with Gasteiger partial charge in [0.05, 0.1) is 18.3 Å². The van der Waals surface area contributed by atoms with Crippen LogP contribution in [0.1, 0.15) is 31.1 Å². The quantitative estimate of drug-likeness (QED) is 0.133. The Bertz CT molecular complexity index is 1430. The fourth-order valence-electron chi connectivity index (χ4n) is 5.20. The third-order valence-electron chi connectivity index (χ3n) is 7.63. The van der Waals surface area contributed by atoms with Crippen LogP contribution in [0.2, 0.25) is 0 Å². The summed E-state index contributed by atoms with van der Waals surface area (Å²) in [7, 11) is 0. The van der Waals surface area contributed by atoms with E-state index in [1.54, 1.807) is 0 Å². The maximum absolute atomic E-state index is 11.6. The second kappa shape index (κ2) is 12.9. The van der Waals surface area contributed by atoms with Crippen molar-refractivity contribution >= 4 is 12.0 Å². The Kier molecular flexibility index (Phi) is 9.29. The predicted octanol–water partition coefficient (Wildman–Crippen LogP) is -0.777. The zero-order valence-corrected chi connectivity index (χ0v) is 23.9. The summed E-state index contributed by atoms with van der Waals surface area (Å²) in [6.07, 6.45) is -15.1. The number of aliphatic hydroxyl groups excluding tert-OH is 5. The summed E-state index contributed by atoms with van der Waals surface area (Å²) >= 11 is 0. The van der Waals surface area contributed by atoms with E-state index in [2.05, 4.69) is 0 Å². The number of esters is 1. The first-order chi connectivity index (χ1) is 21.2. The van der Waals surface area contributed by atoms with E-state index in [1.807, 2.05) is 0 Å². The molecule has 3 heterocycles. The molecule has 3 aliphatic heterocycles. The van der Waals surface area contributed by atoms with Crippen molar-refractivity contribution in [3.05, 3.63) is 47.2 Å². The summed E-state index contributed by atoms with van der Waals surface area (Å²) in [6, 6.07) is 6.04. The lowest BCUT2D eigenvalue weighted by atomic mass is 9.98. The lowest BCUT2D eigenvalue weighted by Gasteiger charge is -2.43. The van der Waals surface area contributed by atoms with Gasteiger partial charge in [0.25, 0.3) is 0 Å². The Morgan fingerprint density at radius 2 is 1.56 bits per heavy atom. The number of benzene rings is 2. The minimum absolute atomic E-state index is 0.0283. The molecule has 0 radical (unpaired) electrons. The Morgan fingerprint density at radius 3 is 2.24 bits per heavy atom. The smallest absolute Gasteiger partial charge is 0.303 e. The third-order valence-corrected chi connectivity index (χ3v) is 7.63. The summed E-state index contributed by atoms with van der Waals surface area (Å²) in [4.78, 5) is 11.6. The number of phenolic OH excluding ortho intramolecular Hbond substituents is 4. The predicted molar refractivity (Wildman–Crippen MR) is 147 cm³/mol. The summed E-state index contributed by atoms with van der Waals surface area (Å²) in [5.74, 6) is -2.48. The van der Waals surface area contributed by atoms with E-state index < -0.39 is 91.6 Å². The van der Waals surface area contributed by atoms with Gasteiger partial charge in [0, 0.05) is 24.6 Å². The molecule has 0 spiro atoms. The number of hydrogen-bond donors (Lipinski definition) is 9. The van der Waals surface area contributed by atoms with Gasteiger partial charge in [0.1, 0.15) is 59.6 Å². The van der Waals surface area contributed by atoms with Gasteiger partial charge < -0.3 is 74.4 Å². The van der Waals surface area contributed by atoms with Gasteiger partial charge in [-0.3, -0.25) is 4.79 Å². The van der Waals surface area contributed by atoms with Crippen LogP contribution in [-0.2, 0) is 28.5 Å². The average molecular weight is 639 g/mol. The maximum Gasteiger partial charge on any atom is 0.303 e. The van der Waals surface area contributed by atoms with Gasteiger partial charge in [-0.05, 0) is 25.1 Å². The van der Waals surface area contributed by atoms with Gasteiger partial charge >= 0.3 is 5.97 Å². The standard InChI is InChI=1S/C29H34O16/c1-10-21(35)24(38)27(42-11(2)30)29(41-10)40-9-20-22(36)23(37)25(39)28(45-20)44-19-8-14-16(33)6-13(31)7-18(14)43-26(19)12-3-4-15(32)17(34)5-12/h3-8,10,20-29,31-39H,9H2,1-2H3/t10-,20+,21-,22+,23-,24+,25+,26?,27-,28+,29+/m0/s1. The highest BCUT2D eigenvalue weighted by Gasteiger charge is 2.49. The number of fused-ring (bicyclic) bond motifs is 1. The number of rotatable bonds is 7. The molecule has 0 amide bonds. The molecule has 0 saturated carbocycles. The number of aromatic hydroxyl groups is 4. The molecular weight excluding hydrogens is 604 g/mol. The van der Waals surface area contributed by atoms with Crippen molar-refractivity contribution in [2.24, 2.45) is 0 Å². The molecule has 11 atom stereocenters. The molecule has 2 saturated heterocycles. The minimum atomic E-state index is -1.84. The third kappa shape index (κ3) is 6.58. The zero-order chi connectivity index (χ0) is 32.7. The normalized spacial score (nSPS) is 34.6. The molecule has 5 rings (SSSR count). The van der Waals surface area contributed by atoms with Crippen LogP contribution in [0.5, 0.6) is 28.7 Å². The summed E-state index contributed by atoms with van der Waals surface area (Å²) in [6.45, 7) is 1.99. The lowest BCUT2D eigenvalue weighted by molar-refractivity contribution is -0.325. The van der Waals surface area contributed by atoms with Crippen LogP contribution in [0.25, 0.3) is 6.08 Å². The van der Waals surface area contributed by atoms with Crippen LogP contribution < -0.4 is 4.74 Å². The van der Waals surface area contributed by atoms with Crippen molar-refractivity contribution in [2.45, 2.75) is 81.4 Å². The second-order valence-corrected chi connectivity index (χ2v) is 10.9. The molecule has 0 bridgehead atoms. The first-order valence-electron chi connectivity index (χ1n) is 13.9. The molecule has 1 unspecified atom stereocenters. The van der Waals surface area contributed by atoms with Crippen molar-refractivity contribution in [1.29, 1.82) is 0 Å². The summed E-state index contributed by atoms with van der Waals surface area (Å²) < 4.78 is 33.9. The largest absolute Gasteiger partial charge is 0.508 e. The number of carbonyl (C=O) groups excluding carboxylic acids is 1. The molecule has 9 N–H and O–H groups in total. The van der Waals surface area contributed by atoms with Crippen molar-refractivity contribution in [3.8, 4) is 28.7 Å². The van der Waals surface area contributed by atoms with Crippen molar-refractivity contribution < 1.29 is 79.2 Å². The highest BCUT2D eigenvalue weighted by molar-refractivity contribution is 5.70. The fraction of sp³-hybridized carbons (Fsp3) is 0.483. The molecule has 246 valence electrons. The van der Waals surface area contributed by atoms with Crippen LogP contribution in [0.3, 0.4) is 0 Å². The van der Waals surface area contributed by atoms with E-state index in [-0.39, 0.29) is 34.1 Å². The fourth-order valence-corrected chi connectivity index (χ4v) is 5.20. The molecule has 2 aromatic carbocycles.